The summed E-state index contributed by atoms with van der Waals surface area (Å²) in [6, 6.07) is 19.4. The molecule has 32 heavy (non-hydrogen) atoms. The zero-order valence-electron chi connectivity index (χ0n) is 18.5. The van der Waals surface area contributed by atoms with Crippen molar-refractivity contribution in [2.24, 2.45) is 0 Å². The normalized spacial score (nSPS) is 21.3. The van der Waals surface area contributed by atoms with E-state index in [2.05, 4.69) is 87.2 Å². The molecule has 0 radical (unpaired) electrons. The van der Waals surface area contributed by atoms with Gasteiger partial charge in [-0.3, -0.25) is 4.98 Å². The van der Waals surface area contributed by atoms with Crippen molar-refractivity contribution in [3.63, 3.8) is 0 Å². The monoisotopic (exact) mass is 447 g/mol. The maximum Gasteiger partial charge on any atom is 0.174 e. The summed E-state index contributed by atoms with van der Waals surface area (Å²) in [5.41, 5.74) is 4.52. The Morgan fingerprint density at radius 3 is 2.44 bits per heavy atom. The average molecular weight is 448 g/mol. The second-order valence-corrected chi connectivity index (χ2v) is 8.93. The molecule has 1 aromatic carbocycles. The number of pyridine rings is 1. The molecule has 0 saturated carbocycles. The second kappa shape index (κ2) is 8.92. The van der Waals surface area contributed by atoms with Gasteiger partial charge in [-0.25, -0.2) is 0 Å². The Bertz CT molecular complexity index is 1060. The molecule has 2 saturated heterocycles. The van der Waals surface area contributed by atoms with Crippen LogP contribution < -0.4 is 15.1 Å². The van der Waals surface area contributed by atoms with Crippen molar-refractivity contribution in [3.8, 4) is 0 Å². The van der Waals surface area contributed by atoms with Crippen molar-refractivity contribution in [2.45, 2.75) is 32.0 Å². The molecule has 6 nitrogen and oxygen atoms in total. The fourth-order valence-corrected chi connectivity index (χ4v) is 5.05. The highest BCUT2D eigenvalue weighted by atomic mass is 32.1. The van der Waals surface area contributed by atoms with Crippen LogP contribution >= 0.6 is 12.2 Å². The number of aromatic nitrogens is 2. The molecule has 2 aliphatic heterocycles. The van der Waals surface area contributed by atoms with Gasteiger partial charge in [0.2, 0.25) is 0 Å². The van der Waals surface area contributed by atoms with Gasteiger partial charge in [0.25, 0.3) is 0 Å². The van der Waals surface area contributed by atoms with Crippen molar-refractivity contribution in [1.82, 2.24) is 14.9 Å². The van der Waals surface area contributed by atoms with E-state index in [1.807, 2.05) is 18.3 Å². The Morgan fingerprint density at radius 1 is 1.00 bits per heavy atom. The molecule has 7 heteroatoms. The van der Waals surface area contributed by atoms with Crippen molar-refractivity contribution in [3.05, 3.63) is 78.4 Å². The number of benzene rings is 1. The highest BCUT2D eigenvalue weighted by Crippen LogP contribution is 2.42. The third kappa shape index (κ3) is 3.87. The maximum atomic E-state index is 5.87. The molecule has 2 fully saturated rings. The molecule has 166 valence electrons. The van der Waals surface area contributed by atoms with E-state index in [0.717, 1.165) is 42.8 Å². The van der Waals surface area contributed by atoms with Crippen LogP contribution in [0.3, 0.4) is 0 Å². The van der Waals surface area contributed by atoms with Crippen LogP contribution in [0.2, 0.25) is 0 Å². The van der Waals surface area contributed by atoms with Crippen LogP contribution in [-0.2, 0) is 4.74 Å². The fraction of sp³-hybridized carbons (Fsp3) is 0.360. The third-order valence-electron chi connectivity index (χ3n) is 6.27. The molecule has 0 amide bonds. The lowest BCUT2D eigenvalue weighted by atomic mass is 10.0. The number of hydrogen-bond donors (Lipinski definition) is 1. The third-order valence-corrected chi connectivity index (χ3v) is 6.59. The molecule has 5 rings (SSSR count). The topological polar surface area (TPSA) is 45.6 Å². The molecule has 2 atom stereocenters. The lowest BCUT2D eigenvalue weighted by Gasteiger charge is -2.31. The number of rotatable bonds is 5. The van der Waals surface area contributed by atoms with Gasteiger partial charge in [-0.1, -0.05) is 6.07 Å². The summed E-state index contributed by atoms with van der Waals surface area (Å²) in [6.07, 6.45) is 3.99. The van der Waals surface area contributed by atoms with E-state index >= 15 is 0 Å². The van der Waals surface area contributed by atoms with E-state index in [1.165, 1.54) is 11.4 Å². The summed E-state index contributed by atoms with van der Waals surface area (Å²) in [6.45, 7) is 7.83. The van der Waals surface area contributed by atoms with Gasteiger partial charge in [0.1, 0.15) is 6.04 Å². The Balaban J connectivity index is 1.53. The van der Waals surface area contributed by atoms with Gasteiger partial charge in [0, 0.05) is 48.6 Å². The van der Waals surface area contributed by atoms with Gasteiger partial charge in [-0.15, -0.1) is 0 Å². The van der Waals surface area contributed by atoms with Crippen LogP contribution in [0.1, 0.15) is 43.4 Å². The van der Waals surface area contributed by atoms with Crippen molar-refractivity contribution in [1.29, 1.82) is 0 Å². The molecular weight excluding hydrogens is 418 g/mol. The predicted octanol–water partition coefficient (Wildman–Crippen LogP) is 4.48. The maximum absolute atomic E-state index is 5.87. The average Bonchev–Trinajstić information content (AvgIpc) is 3.45. The van der Waals surface area contributed by atoms with Crippen LogP contribution in [0.25, 0.3) is 0 Å². The van der Waals surface area contributed by atoms with E-state index in [9.17, 15) is 0 Å². The number of anilines is 2. The minimum Gasteiger partial charge on any atom is -0.378 e. The minimum atomic E-state index is -0.0324. The summed E-state index contributed by atoms with van der Waals surface area (Å²) in [4.78, 5) is 9.27. The first-order chi connectivity index (χ1) is 15.6. The van der Waals surface area contributed by atoms with Gasteiger partial charge in [-0.2, -0.15) is 0 Å². The molecular formula is C25H29N5OS. The van der Waals surface area contributed by atoms with Crippen LogP contribution in [0.4, 0.5) is 11.4 Å². The van der Waals surface area contributed by atoms with Crippen molar-refractivity contribution in [2.75, 3.05) is 36.1 Å². The number of nitrogens with one attached hydrogen (secondary N) is 1. The summed E-state index contributed by atoms with van der Waals surface area (Å²) >= 11 is 5.87. The Labute approximate surface area is 194 Å². The first-order valence-corrected chi connectivity index (χ1v) is 11.6. The molecule has 2 unspecified atom stereocenters. The highest BCUT2D eigenvalue weighted by molar-refractivity contribution is 7.80. The van der Waals surface area contributed by atoms with Gasteiger partial charge >= 0.3 is 0 Å². The summed E-state index contributed by atoms with van der Waals surface area (Å²) < 4.78 is 7.82. The predicted molar refractivity (Wildman–Crippen MR) is 132 cm³/mol. The molecule has 3 aromatic rings. The Hall–Kier alpha value is -2.90. The zero-order chi connectivity index (χ0) is 22.1. The van der Waals surface area contributed by atoms with E-state index < -0.39 is 0 Å². The number of ether oxygens (including phenoxy) is 1. The summed E-state index contributed by atoms with van der Waals surface area (Å²) in [7, 11) is 0. The molecule has 0 spiro atoms. The molecule has 0 aliphatic carbocycles. The standard InChI is InChI=1S/C25H29N5OS/c1-18(2)29-13-5-7-22(29)24-23(21-6-3-4-12-26-21)27-25(32)30(24)20-10-8-19(9-11-20)28-14-16-31-17-15-28/h3-13,18,23-24H,14-17H2,1-2H3,(H,27,32). The minimum absolute atomic E-state index is 0.00374. The summed E-state index contributed by atoms with van der Waals surface area (Å²) in [5, 5.41) is 4.28. The molecule has 2 aliphatic rings. The second-order valence-electron chi connectivity index (χ2n) is 8.55. The van der Waals surface area contributed by atoms with E-state index in [1.54, 1.807) is 0 Å². The van der Waals surface area contributed by atoms with Crippen molar-refractivity contribution < 1.29 is 4.74 Å². The number of hydrogen-bond acceptors (Lipinski definition) is 4. The first kappa shape index (κ1) is 21.0. The number of morpholine rings is 1. The van der Waals surface area contributed by atoms with E-state index in [4.69, 9.17) is 17.0 Å². The zero-order valence-corrected chi connectivity index (χ0v) is 19.3. The van der Waals surface area contributed by atoms with Gasteiger partial charge in [0.15, 0.2) is 5.11 Å². The number of nitrogens with zero attached hydrogens (tertiary/aromatic N) is 4. The quantitative estimate of drug-likeness (QED) is 0.582. The van der Waals surface area contributed by atoms with Crippen molar-refractivity contribution >= 4 is 28.7 Å². The van der Waals surface area contributed by atoms with Gasteiger partial charge in [0.05, 0.1) is 24.9 Å². The molecule has 4 heterocycles. The lowest BCUT2D eigenvalue weighted by Crippen LogP contribution is -2.36. The Morgan fingerprint density at radius 2 is 1.75 bits per heavy atom. The van der Waals surface area contributed by atoms with Crippen LogP contribution in [0.5, 0.6) is 0 Å². The first-order valence-electron chi connectivity index (χ1n) is 11.2. The lowest BCUT2D eigenvalue weighted by molar-refractivity contribution is 0.122. The van der Waals surface area contributed by atoms with Crippen LogP contribution in [-0.4, -0.2) is 41.0 Å². The molecule has 0 bridgehead atoms. The summed E-state index contributed by atoms with van der Waals surface area (Å²) in [5.74, 6) is 0. The SMILES string of the molecule is CC(C)n1cccc1C1C(c2ccccn2)NC(=S)N1c1ccc(N2CCOCC2)cc1. The highest BCUT2D eigenvalue weighted by Gasteiger charge is 2.42. The Kier molecular flexibility index (Phi) is 5.85. The molecule has 1 N–H and O–H groups in total. The fourth-order valence-electron chi connectivity index (χ4n) is 4.71. The largest absolute Gasteiger partial charge is 0.378 e. The van der Waals surface area contributed by atoms with Crippen LogP contribution in [0, 0.1) is 0 Å². The van der Waals surface area contributed by atoms with E-state index in [-0.39, 0.29) is 12.1 Å². The molecule has 2 aromatic heterocycles. The van der Waals surface area contributed by atoms with Gasteiger partial charge in [-0.05, 0) is 74.6 Å². The van der Waals surface area contributed by atoms with Crippen LogP contribution in [0.15, 0.2) is 67.0 Å². The number of thiocarbonyl (C=S) groups is 1. The van der Waals surface area contributed by atoms with Gasteiger partial charge < -0.3 is 24.4 Å². The smallest absolute Gasteiger partial charge is 0.174 e. The van der Waals surface area contributed by atoms with E-state index in [0.29, 0.717) is 6.04 Å².